The minimum Gasteiger partial charge on any atom is -0.494 e. The van der Waals surface area contributed by atoms with Crippen LogP contribution in [0.3, 0.4) is 0 Å². The van der Waals surface area contributed by atoms with Crippen LogP contribution in [-0.4, -0.2) is 33.2 Å². The van der Waals surface area contributed by atoms with Gasteiger partial charge in [-0.05, 0) is 37.6 Å². The molecule has 0 aromatic heterocycles. The molecule has 2 aromatic rings. The number of carbonyl (C=O) groups excluding carboxylic acids is 1. The van der Waals surface area contributed by atoms with Crippen molar-refractivity contribution in [3.63, 3.8) is 0 Å². The van der Waals surface area contributed by atoms with E-state index in [0.29, 0.717) is 30.2 Å². The molecule has 1 amide bonds. The minimum atomic E-state index is -3.64. The number of para-hydroxylation sites is 1. The Morgan fingerprint density at radius 1 is 1.12 bits per heavy atom. The maximum atomic E-state index is 12.8. The van der Waals surface area contributed by atoms with Crippen LogP contribution in [0.4, 0.5) is 11.4 Å². The molecule has 7 heteroatoms. The van der Waals surface area contributed by atoms with E-state index >= 15 is 0 Å². The van der Waals surface area contributed by atoms with Crippen molar-refractivity contribution in [2.75, 3.05) is 22.5 Å². The van der Waals surface area contributed by atoms with Crippen LogP contribution in [0.5, 0.6) is 5.75 Å². The van der Waals surface area contributed by atoms with Crippen molar-refractivity contribution in [1.29, 1.82) is 0 Å². The first-order valence-corrected chi connectivity index (χ1v) is 10.3. The first-order valence-electron chi connectivity index (χ1n) is 8.45. The molecule has 26 heavy (non-hydrogen) atoms. The Morgan fingerprint density at radius 2 is 1.81 bits per heavy atom. The van der Waals surface area contributed by atoms with Crippen molar-refractivity contribution in [2.45, 2.75) is 26.3 Å². The smallest absolute Gasteiger partial charge is 0.248 e. The Hall–Kier alpha value is -2.54. The third kappa shape index (κ3) is 4.98. The van der Waals surface area contributed by atoms with Crippen molar-refractivity contribution in [3.8, 4) is 5.75 Å². The topological polar surface area (TPSA) is 75.7 Å². The second-order valence-corrected chi connectivity index (χ2v) is 7.63. The summed E-state index contributed by atoms with van der Waals surface area (Å²) in [6.45, 7) is 4.18. The maximum Gasteiger partial charge on any atom is 0.248 e. The summed E-state index contributed by atoms with van der Waals surface area (Å²) >= 11 is 0. The fraction of sp³-hybridized carbons (Fsp3) is 0.316. The van der Waals surface area contributed by atoms with Gasteiger partial charge in [0.15, 0.2) is 0 Å². The quantitative estimate of drug-likeness (QED) is 0.767. The van der Waals surface area contributed by atoms with Gasteiger partial charge in [-0.25, -0.2) is 8.42 Å². The molecule has 1 N–H and O–H groups in total. The number of amides is 1. The predicted molar refractivity (Wildman–Crippen MR) is 104 cm³/mol. The molecule has 140 valence electrons. The van der Waals surface area contributed by atoms with E-state index in [1.807, 2.05) is 6.92 Å². The van der Waals surface area contributed by atoms with Crippen molar-refractivity contribution in [3.05, 3.63) is 54.6 Å². The summed E-state index contributed by atoms with van der Waals surface area (Å²) in [4.78, 5) is 12.8. The van der Waals surface area contributed by atoms with Crippen molar-refractivity contribution >= 4 is 27.3 Å². The molecule has 0 aliphatic carbocycles. The number of rotatable bonds is 8. The van der Waals surface area contributed by atoms with Crippen molar-refractivity contribution in [2.24, 2.45) is 0 Å². The lowest BCUT2D eigenvalue weighted by Crippen LogP contribution is -2.46. The Bertz CT molecular complexity index is 838. The summed E-state index contributed by atoms with van der Waals surface area (Å²) in [6, 6.07) is 14.8. The average Bonchev–Trinajstić information content (AvgIpc) is 2.59. The summed E-state index contributed by atoms with van der Waals surface area (Å²) in [5.74, 6) is 0.247. The third-order valence-corrected chi connectivity index (χ3v) is 4.93. The number of carbonyl (C=O) groups is 1. The molecule has 0 fully saturated rings. The number of anilines is 2. The molecular weight excluding hydrogens is 352 g/mol. The number of nitrogens with one attached hydrogen (secondary N) is 1. The Kier molecular flexibility index (Phi) is 6.63. The normalized spacial score (nSPS) is 12.3. The van der Waals surface area contributed by atoms with Crippen LogP contribution >= 0.6 is 0 Å². The van der Waals surface area contributed by atoms with Crippen LogP contribution in [0.25, 0.3) is 0 Å². The summed E-state index contributed by atoms with van der Waals surface area (Å²) in [5, 5.41) is 2.79. The van der Waals surface area contributed by atoms with E-state index in [1.54, 1.807) is 61.5 Å². The van der Waals surface area contributed by atoms with Crippen molar-refractivity contribution < 1.29 is 17.9 Å². The lowest BCUT2D eigenvalue weighted by Gasteiger charge is -2.30. The molecular formula is C19H24N2O4S. The fourth-order valence-electron chi connectivity index (χ4n) is 2.69. The van der Waals surface area contributed by atoms with Crippen LogP contribution in [-0.2, 0) is 14.8 Å². The van der Waals surface area contributed by atoms with Gasteiger partial charge in [-0.3, -0.25) is 9.10 Å². The zero-order chi connectivity index (χ0) is 19.2. The molecule has 2 aromatic carbocycles. The highest BCUT2D eigenvalue weighted by Gasteiger charge is 2.31. The molecule has 0 spiro atoms. The number of hydrogen-bond acceptors (Lipinski definition) is 4. The molecule has 0 aliphatic rings. The third-order valence-electron chi connectivity index (χ3n) is 3.75. The highest BCUT2D eigenvalue weighted by atomic mass is 32.2. The number of ether oxygens (including phenoxy) is 1. The highest BCUT2D eigenvalue weighted by molar-refractivity contribution is 7.92. The molecule has 0 radical (unpaired) electrons. The van der Waals surface area contributed by atoms with E-state index in [9.17, 15) is 13.2 Å². The lowest BCUT2D eigenvalue weighted by atomic mass is 10.2. The van der Waals surface area contributed by atoms with E-state index in [1.165, 1.54) is 0 Å². The van der Waals surface area contributed by atoms with E-state index in [-0.39, 0.29) is 0 Å². The molecule has 1 unspecified atom stereocenters. The minimum absolute atomic E-state index is 0.332. The van der Waals surface area contributed by atoms with Gasteiger partial charge >= 0.3 is 0 Å². The van der Waals surface area contributed by atoms with Gasteiger partial charge in [0.1, 0.15) is 11.8 Å². The SMILES string of the molecule is CCOc1cccc(NC(=O)C(CC)N(c2ccccc2)S(C)(=O)=O)c1. The zero-order valence-corrected chi connectivity index (χ0v) is 16.0. The Labute approximate surface area is 154 Å². The second kappa shape index (κ2) is 8.71. The highest BCUT2D eigenvalue weighted by Crippen LogP contribution is 2.24. The second-order valence-electron chi connectivity index (χ2n) is 5.77. The number of benzene rings is 2. The standard InChI is InChI=1S/C19H24N2O4S/c1-4-18(21(26(3,23)24)16-11-7-6-8-12-16)19(22)20-15-10-9-13-17(14-15)25-5-2/h6-14,18H,4-5H2,1-3H3,(H,20,22). The summed E-state index contributed by atoms with van der Waals surface area (Å²) in [6.07, 6.45) is 1.44. The summed E-state index contributed by atoms with van der Waals surface area (Å²) < 4.78 is 31.3. The Balaban J connectivity index is 2.30. The van der Waals surface area contributed by atoms with Gasteiger partial charge < -0.3 is 10.1 Å². The Morgan fingerprint density at radius 3 is 2.38 bits per heavy atom. The van der Waals surface area contributed by atoms with Crippen LogP contribution in [0, 0.1) is 0 Å². The van der Waals surface area contributed by atoms with Crippen molar-refractivity contribution in [1.82, 2.24) is 0 Å². The predicted octanol–water partition coefficient (Wildman–Crippen LogP) is 3.27. The molecule has 1 atom stereocenters. The molecule has 0 heterocycles. The van der Waals surface area contributed by atoms with Gasteiger partial charge in [-0.2, -0.15) is 0 Å². The molecule has 0 saturated heterocycles. The van der Waals surface area contributed by atoms with Gasteiger partial charge in [0, 0.05) is 11.8 Å². The number of hydrogen-bond donors (Lipinski definition) is 1. The summed E-state index contributed by atoms with van der Waals surface area (Å²) in [7, 11) is -3.64. The molecule has 0 aliphatic heterocycles. The fourth-order valence-corrected chi connectivity index (χ4v) is 3.90. The van der Waals surface area contributed by atoms with Gasteiger partial charge in [0.05, 0.1) is 18.6 Å². The molecule has 0 saturated carbocycles. The lowest BCUT2D eigenvalue weighted by molar-refractivity contribution is -0.117. The molecule has 0 bridgehead atoms. The van der Waals surface area contributed by atoms with Gasteiger partial charge in [-0.1, -0.05) is 31.2 Å². The van der Waals surface area contributed by atoms with Gasteiger partial charge in [-0.15, -0.1) is 0 Å². The van der Waals surface area contributed by atoms with Crippen LogP contribution in [0.15, 0.2) is 54.6 Å². The maximum absolute atomic E-state index is 12.8. The van der Waals surface area contributed by atoms with Gasteiger partial charge in [0.2, 0.25) is 15.9 Å². The molecule has 2 rings (SSSR count). The van der Waals surface area contributed by atoms with Crippen LogP contribution in [0.1, 0.15) is 20.3 Å². The monoisotopic (exact) mass is 376 g/mol. The van der Waals surface area contributed by atoms with E-state index in [4.69, 9.17) is 4.74 Å². The van der Waals surface area contributed by atoms with Gasteiger partial charge in [0.25, 0.3) is 0 Å². The van der Waals surface area contributed by atoms with Crippen LogP contribution in [0.2, 0.25) is 0 Å². The average molecular weight is 376 g/mol. The largest absolute Gasteiger partial charge is 0.494 e. The number of nitrogens with zero attached hydrogens (tertiary/aromatic N) is 1. The molecule has 6 nitrogen and oxygen atoms in total. The zero-order valence-electron chi connectivity index (χ0n) is 15.2. The first-order chi connectivity index (χ1) is 12.4. The van der Waals surface area contributed by atoms with Crippen LogP contribution < -0.4 is 14.4 Å². The first kappa shape index (κ1) is 19.8. The number of sulfonamides is 1. The van der Waals surface area contributed by atoms with E-state index in [0.717, 1.165) is 10.6 Å². The van der Waals surface area contributed by atoms with E-state index < -0.39 is 22.0 Å². The summed E-state index contributed by atoms with van der Waals surface area (Å²) in [5.41, 5.74) is 1.01. The van der Waals surface area contributed by atoms with E-state index in [2.05, 4.69) is 5.32 Å².